The van der Waals surface area contributed by atoms with Crippen LogP contribution in [0, 0.1) is 0 Å². The van der Waals surface area contributed by atoms with E-state index in [2.05, 4.69) is 16.7 Å². The van der Waals surface area contributed by atoms with E-state index in [1.165, 1.54) is 4.90 Å². The highest BCUT2D eigenvalue weighted by Gasteiger charge is 2.35. The summed E-state index contributed by atoms with van der Waals surface area (Å²) < 4.78 is 28.1. The summed E-state index contributed by atoms with van der Waals surface area (Å²) in [5.41, 5.74) is 2.85. The Labute approximate surface area is 165 Å². The SMILES string of the molecule is CC1CN(S(=O)(=O)C(C)c2ccc3c(c2)Nc2ccccc2S3)CC(C)N1. The summed E-state index contributed by atoms with van der Waals surface area (Å²) in [5, 5.41) is 6.25. The second-order valence-corrected chi connectivity index (χ2v) is 10.8. The fourth-order valence-corrected chi connectivity index (χ4v) is 6.56. The van der Waals surface area contributed by atoms with Crippen LogP contribution in [0.4, 0.5) is 11.4 Å². The molecule has 3 unspecified atom stereocenters. The van der Waals surface area contributed by atoms with E-state index in [1.54, 1.807) is 23.0 Å². The van der Waals surface area contributed by atoms with Crippen LogP contribution in [-0.2, 0) is 10.0 Å². The fraction of sp³-hybridized carbons (Fsp3) is 0.400. The average molecular weight is 404 g/mol. The number of benzene rings is 2. The van der Waals surface area contributed by atoms with Gasteiger partial charge < -0.3 is 10.6 Å². The van der Waals surface area contributed by atoms with Gasteiger partial charge >= 0.3 is 0 Å². The van der Waals surface area contributed by atoms with Gasteiger partial charge in [-0.1, -0.05) is 30.0 Å². The molecule has 3 atom stereocenters. The molecule has 0 amide bonds. The van der Waals surface area contributed by atoms with Gasteiger partial charge in [0.25, 0.3) is 0 Å². The highest BCUT2D eigenvalue weighted by atomic mass is 32.2. The van der Waals surface area contributed by atoms with Crippen molar-refractivity contribution in [3.05, 3.63) is 48.0 Å². The lowest BCUT2D eigenvalue weighted by Gasteiger charge is -2.36. The molecule has 0 bridgehead atoms. The Morgan fingerprint density at radius 2 is 1.70 bits per heavy atom. The van der Waals surface area contributed by atoms with Gasteiger partial charge in [0.2, 0.25) is 10.0 Å². The molecule has 2 heterocycles. The van der Waals surface area contributed by atoms with E-state index in [4.69, 9.17) is 0 Å². The van der Waals surface area contributed by atoms with Gasteiger partial charge in [0.1, 0.15) is 0 Å². The lowest BCUT2D eigenvalue weighted by atomic mass is 10.1. The summed E-state index contributed by atoms with van der Waals surface area (Å²) in [6.07, 6.45) is 0. The lowest BCUT2D eigenvalue weighted by Crippen LogP contribution is -2.56. The molecule has 2 N–H and O–H groups in total. The van der Waals surface area contributed by atoms with E-state index in [1.807, 2.05) is 50.2 Å². The molecule has 0 aliphatic carbocycles. The molecule has 0 radical (unpaired) electrons. The minimum Gasteiger partial charge on any atom is -0.354 e. The highest BCUT2D eigenvalue weighted by Crippen LogP contribution is 2.45. The summed E-state index contributed by atoms with van der Waals surface area (Å²) in [6.45, 7) is 6.88. The lowest BCUT2D eigenvalue weighted by molar-refractivity contribution is 0.261. The smallest absolute Gasteiger partial charge is 0.221 e. The summed E-state index contributed by atoms with van der Waals surface area (Å²) in [6, 6.07) is 14.4. The van der Waals surface area contributed by atoms with Crippen LogP contribution in [0.15, 0.2) is 52.3 Å². The summed E-state index contributed by atoms with van der Waals surface area (Å²) >= 11 is 1.71. The van der Waals surface area contributed by atoms with Gasteiger partial charge in [-0.05, 0) is 50.6 Å². The number of fused-ring (bicyclic) bond motifs is 2. The van der Waals surface area contributed by atoms with Gasteiger partial charge in [-0.2, -0.15) is 4.31 Å². The Morgan fingerprint density at radius 3 is 2.44 bits per heavy atom. The number of hydrogen-bond acceptors (Lipinski definition) is 5. The maximum atomic E-state index is 13.2. The Kier molecular flexibility index (Phi) is 4.96. The molecule has 1 saturated heterocycles. The first-order chi connectivity index (χ1) is 12.8. The van der Waals surface area contributed by atoms with Gasteiger partial charge in [-0.15, -0.1) is 0 Å². The number of rotatable bonds is 3. The summed E-state index contributed by atoms with van der Waals surface area (Å²) in [5.74, 6) is 0. The molecule has 5 nitrogen and oxygen atoms in total. The van der Waals surface area contributed by atoms with Crippen LogP contribution in [0.25, 0.3) is 0 Å². The predicted molar refractivity (Wildman–Crippen MR) is 111 cm³/mol. The maximum Gasteiger partial charge on any atom is 0.221 e. The van der Waals surface area contributed by atoms with Crippen LogP contribution < -0.4 is 10.6 Å². The van der Waals surface area contributed by atoms with Gasteiger partial charge in [0, 0.05) is 35.0 Å². The largest absolute Gasteiger partial charge is 0.354 e. The maximum absolute atomic E-state index is 13.2. The second kappa shape index (κ2) is 7.13. The zero-order valence-electron chi connectivity index (χ0n) is 15.8. The first kappa shape index (κ1) is 18.8. The molecule has 2 aliphatic heterocycles. The molecule has 0 saturated carbocycles. The molecule has 0 aromatic heterocycles. The molecule has 2 aromatic carbocycles. The number of nitrogens with one attached hydrogen (secondary N) is 2. The molecule has 144 valence electrons. The van der Waals surface area contributed by atoms with E-state index in [0.29, 0.717) is 13.1 Å². The minimum absolute atomic E-state index is 0.161. The van der Waals surface area contributed by atoms with Crippen molar-refractivity contribution in [3.8, 4) is 0 Å². The zero-order chi connectivity index (χ0) is 19.2. The van der Waals surface area contributed by atoms with Crippen molar-refractivity contribution < 1.29 is 8.42 Å². The third kappa shape index (κ3) is 3.61. The Bertz CT molecular complexity index is 951. The monoisotopic (exact) mass is 403 g/mol. The van der Waals surface area contributed by atoms with Gasteiger partial charge in [0.05, 0.1) is 16.6 Å². The molecule has 27 heavy (non-hydrogen) atoms. The van der Waals surface area contributed by atoms with Crippen LogP contribution >= 0.6 is 11.8 Å². The van der Waals surface area contributed by atoms with E-state index in [0.717, 1.165) is 21.8 Å². The van der Waals surface area contributed by atoms with Crippen LogP contribution in [0.5, 0.6) is 0 Å². The number of piperazine rings is 1. The van der Waals surface area contributed by atoms with Crippen molar-refractivity contribution in [2.24, 2.45) is 0 Å². The Hall–Kier alpha value is -1.54. The number of hydrogen-bond donors (Lipinski definition) is 2. The number of anilines is 2. The third-order valence-corrected chi connectivity index (χ3v) is 8.52. The van der Waals surface area contributed by atoms with E-state index in [-0.39, 0.29) is 12.1 Å². The molecular formula is C20H25N3O2S2. The zero-order valence-corrected chi connectivity index (χ0v) is 17.4. The molecule has 4 rings (SSSR count). The van der Waals surface area contributed by atoms with E-state index in [9.17, 15) is 8.42 Å². The number of sulfonamides is 1. The Morgan fingerprint density at radius 1 is 1.04 bits per heavy atom. The first-order valence-corrected chi connectivity index (χ1v) is 11.6. The molecule has 7 heteroatoms. The quantitative estimate of drug-likeness (QED) is 0.693. The highest BCUT2D eigenvalue weighted by molar-refractivity contribution is 7.99. The fourth-order valence-electron chi connectivity index (χ4n) is 3.79. The molecule has 2 aliphatic rings. The van der Waals surface area contributed by atoms with Crippen LogP contribution in [0.3, 0.4) is 0 Å². The van der Waals surface area contributed by atoms with Crippen molar-refractivity contribution >= 4 is 33.2 Å². The number of nitrogens with zero attached hydrogens (tertiary/aromatic N) is 1. The van der Waals surface area contributed by atoms with Crippen molar-refractivity contribution in [2.45, 2.75) is 47.9 Å². The molecule has 0 spiro atoms. The van der Waals surface area contributed by atoms with Crippen LogP contribution in [-0.4, -0.2) is 37.9 Å². The van der Waals surface area contributed by atoms with Crippen molar-refractivity contribution in [1.29, 1.82) is 0 Å². The van der Waals surface area contributed by atoms with Crippen molar-refractivity contribution in [1.82, 2.24) is 9.62 Å². The van der Waals surface area contributed by atoms with Crippen molar-refractivity contribution in [2.75, 3.05) is 18.4 Å². The molecule has 2 aromatic rings. The average Bonchev–Trinajstić information content (AvgIpc) is 2.64. The normalized spacial score (nSPS) is 23.8. The standard InChI is InChI=1S/C20H25N3O2S2/c1-13-11-23(12-14(2)21-13)27(24,25)15(3)16-8-9-20-18(10-16)22-17-6-4-5-7-19(17)26-20/h4-10,13-15,21-22H,11-12H2,1-3H3. The first-order valence-electron chi connectivity index (χ1n) is 9.27. The molecule has 1 fully saturated rings. The van der Waals surface area contributed by atoms with E-state index >= 15 is 0 Å². The summed E-state index contributed by atoms with van der Waals surface area (Å²) in [4.78, 5) is 2.30. The van der Waals surface area contributed by atoms with Gasteiger partial charge in [-0.3, -0.25) is 0 Å². The van der Waals surface area contributed by atoms with Crippen LogP contribution in [0.1, 0.15) is 31.6 Å². The van der Waals surface area contributed by atoms with Gasteiger partial charge in [-0.25, -0.2) is 8.42 Å². The Balaban J connectivity index is 1.61. The molecular weight excluding hydrogens is 378 g/mol. The van der Waals surface area contributed by atoms with Crippen LogP contribution in [0.2, 0.25) is 0 Å². The summed E-state index contributed by atoms with van der Waals surface area (Å²) in [7, 11) is -3.41. The van der Waals surface area contributed by atoms with Gasteiger partial charge in [0.15, 0.2) is 0 Å². The predicted octanol–water partition coefficient (Wildman–Crippen LogP) is 3.97. The van der Waals surface area contributed by atoms with E-state index < -0.39 is 15.3 Å². The second-order valence-electron chi connectivity index (χ2n) is 7.45. The van der Waals surface area contributed by atoms with Crippen molar-refractivity contribution in [3.63, 3.8) is 0 Å². The third-order valence-electron chi connectivity index (χ3n) is 5.18. The minimum atomic E-state index is -3.41. The number of para-hydroxylation sites is 1. The topological polar surface area (TPSA) is 61.4 Å².